The van der Waals surface area contributed by atoms with Crippen LogP contribution < -0.4 is 10.6 Å². The molecular weight excluding hydrogens is 332 g/mol. The largest absolute Gasteiger partial charge is 0.480 e. The van der Waals surface area contributed by atoms with Gasteiger partial charge in [0.25, 0.3) is 5.91 Å². The third-order valence-electron chi connectivity index (χ3n) is 4.77. The zero-order valence-electron chi connectivity index (χ0n) is 15.6. The summed E-state index contributed by atoms with van der Waals surface area (Å²) in [5.74, 6) is -1.58. The number of nitrogens with one attached hydrogen (secondary N) is 2. The molecule has 0 saturated heterocycles. The van der Waals surface area contributed by atoms with E-state index in [1.165, 1.54) is 0 Å². The Morgan fingerprint density at radius 3 is 2.38 bits per heavy atom. The fraction of sp³-hybridized carbons (Fsp3) is 0.550. The van der Waals surface area contributed by atoms with Gasteiger partial charge in [-0.3, -0.25) is 9.59 Å². The lowest BCUT2D eigenvalue weighted by Crippen LogP contribution is -2.45. The normalized spacial score (nSPS) is 19.7. The van der Waals surface area contributed by atoms with Crippen LogP contribution in [0.1, 0.15) is 61.9 Å². The van der Waals surface area contributed by atoms with Crippen LogP contribution >= 0.6 is 0 Å². The fourth-order valence-corrected chi connectivity index (χ4v) is 2.99. The Morgan fingerprint density at radius 1 is 1.19 bits per heavy atom. The summed E-state index contributed by atoms with van der Waals surface area (Å²) in [6, 6.07) is 6.45. The number of aliphatic carboxylic acids is 1. The van der Waals surface area contributed by atoms with Crippen LogP contribution in [0, 0.1) is 11.8 Å². The van der Waals surface area contributed by atoms with Crippen molar-refractivity contribution in [1.82, 2.24) is 10.6 Å². The highest BCUT2D eigenvalue weighted by Crippen LogP contribution is 2.47. The summed E-state index contributed by atoms with van der Waals surface area (Å²) in [5.41, 5.74) is 1.61. The molecule has 3 atom stereocenters. The number of unbranched alkanes of at least 4 members (excludes halogenated alkanes) is 1. The number of hydrogen-bond acceptors (Lipinski definition) is 3. The molecule has 1 fully saturated rings. The maximum absolute atomic E-state index is 12.3. The minimum atomic E-state index is -1.01. The second kappa shape index (κ2) is 8.83. The molecule has 1 aliphatic carbocycles. The summed E-state index contributed by atoms with van der Waals surface area (Å²) < 4.78 is 0. The van der Waals surface area contributed by atoms with Crippen molar-refractivity contribution >= 4 is 17.8 Å². The number of carbonyl (C=O) groups is 3. The smallest absolute Gasteiger partial charge is 0.326 e. The molecule has 1 aromatic carbocycles. The van der Waals surface area contributed by atoms with E-state index in [9.17, 15) is 19.5 Å². The summed E-state index contributed by atoms with van der Waals surface area (Å²) in [5, 5.41) is 14.7. The molecule has 6 heteroatoms. The summed E-state index contributed by atoms with van der Waals surface area (Å²) in [7, 11) is 0. The highest BCUT2D eigenvalue weighted by atomic mass is 16.4. The monoisotopic (exact) mass is 360 g/mol. The van der Waals surface area contributed by atoms with Crippen molar-refractivity contribution in [1.29, 1.82) is 0 Å². The van der Waals surface area contributed by atoms with Crippen molar-refractivity contribution in [2.75, 3.05) is 6.54 Å². The lowest BCUT2D eigenvalue weighted by Gasteiger charge is -2.17. The average Bonchev–Trinajstić information content (AvgIpc) is 3.40. The van der Waals surface area contributed by atoms with Gasteiger partial charge in [-0.2, -0.15) is 0 Å². The van der Waals surface area contributed by atoms with Gasteiger partial charge in [0.1, 0.15) is 6.04 Å². The van der Waals surface area contributed by atoms with Gasteiger partial charge in [-0.1, -0.05) is 39.3 Å². The van der Waals surface area contributed by atoms with Crippen molar-refractivity contribution in [2.24, 2.45) is 11.8 Å². The Kier molecular flexibility index (Phi) is 6.77. The number of carboxylic acid groups (broad SMARTS) is 1. The maximum Gasteiger partial charge on any atom is 0.326 e. The van der Waals surface area contributed by atoms with E-state index in [4.69, 9.17) is 0 Å². The molecule has 6 nitrogen and oxygen atoms in total. The number of benzene rings is 1. The van der Waals surface area contributed by atoms with Crippen LogP contribution in [0.4, 0.5) is 0 Å². The number of carboxylic acids is 1. The summed E-state index contributed by atoms with van der Waals surface area (Å²) in [4.78, 5) is 35.5. The SMILES string of the molecule is CCCCNC(=O)c1ccc(C2CC2C(=O)N[C@H](C(=O)O)C(C)C)cc1. The molecule has 1 saturated carbocycles. The molecule has 3 N–H and O–H groups in total. The molecule has 1 aliphatic rings. The first-order chi connectivity index (χ1) is 12.3. The third kappa shape index (κ3) is 5.07. The maximum atomic E-state index is 12.3. The molecule has 0 aromatic heterocycles. The molecule has 0 bridgehead atoms. The summed E-state index contributed by atoms with van der Waals surface area (Å²) in [6.45, 7) is 6.28. The molecule has 0 heterocycles. The van der Waals surface area contributed by atoms with Gasteiger partial charge in [0.15, 0.2) is 0 Å². The summed E-state index contributed by atoms with van der Waals surface area (Å²) >= 11 is 0. The molecule has 1 aromatic rings. The average molecular weight is 360 g/mol. The van der Waals surface area contributed by atoms with E-state index in [0.717, 1.165) is 18.4 Å². The van der Waals surface area contributed by atoms with Gasteiger partial charge < -0.3 is 15.7 Å². The van der Waals surface area contributed by atoms with Gasteiger partial charge in [-0.25, -0.2) is 4.79 Å². The number of hydrogen-bond donors (Lipinski definition) is 3. The van der Waals surface area contributed by atoms with Crippen molar-refractivity contribution in [3.8, 4) is 0 Å². The van der Waals surface area contributed by atoms with Gasteiger partial charge >= 0.3 is 5.97 Å². The van der Waals surface area contributed by atoms with Crippen LogP contribution in [0.2, 0.25) is 0 Å². The molecule has 26 heavy (non-hydrogen) atoms. The Labute approximate surface area is 154 Å². The molecule has 0 aliphatic heterocycles. The predicted molar refractivity (Wildman–Crippen MR) is 98.9 cm³/mol. The van der Waals surface area contributed by atoms with Crippen molar-refractivity contribution in [3.63, 3.8) is 0 Å². The van der Waals surface area contributed by atoms with Crippen molar-refractivity contribution in [3.05, 3.63) is 35.4 Å². The van der Waals surface area contributed by atoms with Crippen LogP contribution in [-0.2, 0) is 9.59 Å². The minimum absolute atomic E-state index is 0.0867. The number of carbonyl (C=O) groups excluding carboxylic acids is 2. The first kappa shape index (κ1) is 19.9. The van der Waals surface area contributed by atoms with Crippen LogP contribution in [0.3, 0.4) is 0 Å². The summed E-state index contributed by atoms with van der Waals surface area (Å²) in [6.07, 6.45) is 2.69. The van der Waals surface area contributed by atoms with E-state index in [0.29, 0.717) is 18.5 Å². The van der Waals surface area contributed by atoms with E-state index >= 15 is 0 Å². The Bertz CT molecular complexity index is 654. The van der Waals surface area contributed by atoms with Crippen LogP contribution in [0.15, 0.2) is 24.3 Å². The van der Waals surface area contributed by atoms with Gasteiger partial charge in [0.05, 0.1) is 0 Å². The van der Waals surface area contributed by atoms with Gasteiger partial charge in [-0.15, -0.1) is 0 Å². The number of rotatable bonds is 9. The minimum Gasteiger partial charge on any atom is -0.480 e. The fourth-order valence-electron chi connectivity index (χ4n) is 2.99. The molecular formula is C20H28N2O4. The molecule has 2 rings (SSSR count). The zero-order valence-corrected chi connectivity index (χ0v) is 15.6. The standard InChI is InChI=1S/C20H28N2O4/c1-4-5-10-21-18(23)14-8-6-13(7-9-14)15-11-16(15)19(24)22-17(12(2)3)20(25)26/h6-9,12,15-17H,4-5,10-11H2,1-3H3,(H,21,23)(H,22,24)(H,25,26)/t15?,16?,17-/m0/s1. The topological polar surface area (TPSA) is 95.5 Å². The van der Waals surface area contributed by atoms with E-state index in [1.807, 2.05) is 12.1 Å². The highest BCUT2D eigenvalue weighted by molar-refractivity contribution is 5.94. The number of amides is 2. The van der Waals surface area contributed by atoms with E-state index in [1.54, 1.807) is 26.0 Å². The molecule has 2 amide bonds. The molecule has 2 unspecified atom stereocenters. The Hall–Kier alpha value is -2.37. The van der Waals surface area contributed by atoms with Gasteiger partial charge in [0, 0.05) is 18.0 Å². The van der Waals surface area contributed by atoms with Gasteiger partial charge in [-0.05, 0) is 42.4 Å². The Balaban J connectivity index is 1.90. The first-order valence-electron chi connectivity index (χ1n) is 9.26. The van der Waals surface area contributed by atoms with Crippen LogP contribution in [-0.4, -0.2) is 35.5 Å². The van der Waals surface area contributed by atoms with E-state index in [2.05, 4.69) is 17.6 Å². The second-order valence-electron chi connectivity index (χ2n) is 7.25. The Morgan fingerprint density at radius 2 is 1.85 bits per heavy atom. The highest BCUT2D eigenvalue weighted by Gasteiger charge is 2.45. The van der Waals surface area contributed by atoms with Crippen LogP contribution in [0.25, 0.3) is 0 Å². The van der Waals surface area contributed by atoms with Gasteiger partial charge in [0.2, 0.25) is 5.91 Å². The molecule has 0 spiro atoms. The lowest BCUT2D eigenvalue weighted by atomic mass is 10.0. The van der Waals surface area contributed by atoms with Crippen molar-refractivity contribution in [2.45, 2.75) is 52.0 Å². The first-order valence-corrected chi connectivity index (χ1v) is 9.26. The van der Waals surface area contributed by atoms with Crippen molar-refractivity contribution < 1.29 is 19.5 Å². The van der Waals surface area contributed by atoms with Crippen LogP contribution in [0.5, 0.6) is 0 Å². The molecule has 0 radical (unpaired) electrons. The molecule has 142 valence electrons. The third-order valence-corrected chi connectivity index (χ3v) is 4.77. The van der Waals surface area contributed by atoms with E-state index < -0.39 is 12.0 Å². The predicted octanol–water partition coefficient (Wildman–Crippen LogP) is 2.55. The van der Waals surface area contributed by atoms with E-state index in [-0.39, 0.29) is 29.6 Å². The quantitative estimate of drug-likeness (QED) is 0.590. The zero-order chi connectivity index (χ0) is 19.3. The lowest BCUT2D eigenvalue weighted by molar-refractivity contribution is -0.143. The second-order valence-corrected chi connectivity index (χ2v) is 7.25.